The van der Waals surface area contributed by atoms with Crippen LogP contribution in [0.25, 0.3) is 0 Å². The van der Waals surface area contributed by atoms with Gasteiger partial charge in [0.05, 0.1) is 0 Å². The first-order chi connectivity index (χ1) is 5.72. The minimum atomic E-state index is 0.656. The zero-order valence-corrected chi connectivity index (χ0v) is 11.1. The summed E-state index contributed by atoms with van der Waals surface area (Å²) in [5, 5.41) is 0. The van der Waals surface area contributed by atoms with Crippen molar-refractivity contribution in [2.24, 2.45) is 0 Å². The van der Waals surface area contributed by atoms with E-state index in [1.807, 2.05) is 0 Å². The zero-order chi connectivity index (χ0) is 8.97. The molecule has 0 fully saturated rings. The molecule has 1 aromatic carbocycles. The Hall–Kier alpha value is 0.259. The van der Waals surface area contributed by atoms with Crippen molar-refractivity contribution >= 4 is 38.8 Å². The first kappa shape index (κ1) is 10.3. The van der Waals surface area contributed by atoms with Crippen LogP contribution in [0.1, 0.15) is 13.8 Å². The van der Waals surface area contributed by atoms with Gasteiger partial charge in [0.1, 0.15) is 0 Å². The Kier molecular flexibility index (Phi) is 4.39. The molecular weight excluding hydrogens is 278 g/mol. The molecule has 0 aliphatic rings. The maximum atomic E-state index is 2.29. The predicted octanol–water partition coefficient (Wildman–Crippen LogP) is 1.22. The third kappa shape index (κ3) is 3.33. The third-order valence-corrected chi connectivity index (χ3v) is 5.12. The van der Waals surface area contributed by atoms with E-state index in [0.29, 0.717) is 29.9 Å². The van der Waals surface area contributed by atoms with Crippen LogP contribution in [0.3, 0.4) is 0 Å². The molecule has 0 heterocycles. The van der Waals surface area contributed by atoms with E-state index in [9.17, 15) is 0 Å². The van der Waals surface area contributed by atoms with Crippen LogP contribution in [0.15, 0.2) is 24.3 Å². The molecule has 1 rings (SSSR count). The molecule has 12 heavy (non-hydrogen) atoms. The summed E-state index contributed by atoms with van der Waals surface area (Å²) in [5.74, 6) is 2.26. The molecule has 0 nitrogen and oxygen atoms in total. The molecule has 0 radical (unpaired) electrons. The molecule has 0 atom stereocenters. The van der Waals surface area contributed by atoms with Gasteiger partial charge >= 0.3 is 87.6 Å². The van der Waals surface area contributed by atoms with Crippen molar-refractivity contribution in [2.75, 3.05) is 0 Å². The quantitative estimate of drug-likeness (QED) is 0.735. The van der Waals surface area contributed by atoms with Crippen LogP contribution < -0.4 is 8.92 Å². The van der Waals surface area contributed by atoms with Crippen LogP contribution in [0.4, 0.5) is 0 Å². The average molecular weight is 292 g/mol. The first-order valence-corrected chi connectivity index (χ1v) is 8.44. The molecule has 0 spiro atoms. The first-order valence-electron chi connectivity index (χ1n) is 4.03. The molecule has 2 heteroatoms. The molecular formula is C10H14Se2. The summed E-state index contributed by atoms with van der Waals surface area (Å²) in [4.78, 5) is 0.829. The van der Waals surface area contributed by atoms with E-state index in [0.717, 1.165) is 4.82 Å². The van der Waals surface area contributed by atoms with Crippen molar-refractivity contribution in [1.82, 2.24) is 0 Å². The summed E-state index contributed by atoms with van der Waals surface area (Å²) in [6, 6.07) is 9.14. The molecule has 0 saturated carbocycles. The van der Waals surface area contributed by atoms with Crippen molar-refractivity contribution in [3.05, 3.63) is 24.3 Å². The van der Waals surface area contributed by atoms with Crippen LogP contribution >= 0.6 is 0 Å². The van der Waals surface area contributed by atoms with Gasteiger partial charge in [0, 0.05) is 0 Å². The molecule has 0 amide bonds. The second kappa shape index (κ2) is 5.09. The van der Waals surface area contributed by atoms with E-state index >= 15 is 0 Å². The molecule has 0 bridgehead atoms. The number of hydrogen-bond acceptors (Lipinski definition) is 0. The molecule has 0 saturated heterocycles. The monoisotopic (exact) mass is 294 g/mol. The topological polar surface area (TPSA) is 0 Å². The van der Waals surface area contributed by atoms with Gasteiger partial charge in [0.25, 0.3) is 0 Å². The SMILES string of the molecule is C[Se]c1ccc([Se]C(C)C)cc1. The molecule has 1 aromatic rings. The van der Waals surface area contributed by atoms with Crippen molar-refractivity contribution in [1.29, 1.82) is 0 Å². The Morgan fingerprint density at radius 1 is 1.00 bits per heavy atom. The third-order valence-electron chi connectivity index (χ3n) is 1.43. The standard InChI is InChI=1S/C10H14Se2/c1-8(2)12-10-6-4-9(11-3)5-7-10/h4-8H,1-3H3. The normalized spacial score (nSPS) is 10.7. The average Bonchev–Trinajstić information content (AvgIpc) is 2.05. The maximum absolute atomic E-state index is 2.29. The predicted molar refractivity (Wildman–Crippen MR) is 58.2 cm³/mol. The van der Waals surface area contributed by atoms with E-state index in [2.05, 4.69) is 43.9 Å². The van der Waals surface area contributed by atoms with Gasteiger partial charge in [-0.1, -0.05) is 0 Å². The Labute approximate surface area is 87.5 Å². The number of benzene rings is 1. The fraction of sp³-hybridized carbons (Fsp3) is 0.400. The van der Waals surface area contributed by atoms with Gasteiger partial charge in [-0.3, -0.25) is 0 Å². The Bertz CT molecular complexity index is 226. The van der Waals surface area contributed by atoms with E-state index in [-0.39, 0.29) is 0 Å². The van der Waals surface area contributed by atoms with Crippen LogP contribution in [-0.4, -0.2) is 29.9 Å². The summed E-state index contributed by atoms with van der Waals surface area (Å²) in [6.07, 6.45) is 0. The summed E-state index contributed by atoms with van der Waals surface area (Å²) >= 11 is 1.32. The van der Waals surface area contributed by atoms with Crippen molar-refractivity contribution in [3.63, 3.8) is 0 Å². The van der Waals surface area contributed by atoms with Crippen molar-refractivity contribution < 1.29 is 0 Å². The van der Waals surface area contributed by atoms with Gasteiger partial charge < -0.3 is 0 Å². The summed E-state index contributed by atoms with van der Waals surface area (Å²) < 4.78 is 3.04. The van der Waals surface area contributed by atoms with Gasteiger partial charge in [-0.15, -0.1) is 0 Å². The van der Waals surface area contributed by atoms with Gasteiger partial charge in [-0.2, -0.15) is 0 Å². The van der Waals surface area contributed by atoms with Gasteiger partial charge in [0.2, 0.25) is 0 Å². The van der Waals surface area contributed by atoms with Gasteiger partial charge in [0.15, 0.2) is 0 Å². The van der Waals surface area contributed by atoms with Crippen LogP contribution in [0, 0.1) is 0 Å². The van der Waals surface area contributed by atoms with Gasteiger partial charge in [-0.05, 0) is 0 Å². The van der Waals surface area contributed by atoms with E-state index in [1.54, 1.807) is 0 Å². The summed E-state index contributed by atoms with van der Waals surface area (Å²) in [5.41, 5.74) is 0. The fourth-order valence-electron chi connectivity index (χ4n) is 0.926. The Balaban J connectivity index is 2.65. The summed E-state index contributed by atoms with van der Waals surface area (Å²) in [7, 11) is 0. The summed E-state index contributed by atoms with van der Waals surface area (Å²) in [6.45, 7) is 4.58. The molecule has 0 aliphatic carbocycles. The molecule has 0 unspecified atom stereocenters. The van der Waals surface area contributed by atoms with E-state index < -0.39 is 0 Å². The number of rotatable bonds is 3. The second-order valence-electron chi connectivity index (χ2n) is 2.84. The number of hydrogen-bond donors (Lipinski definition) is 0. The molecule has 66 valence electrons. The fourth-order valence-corrected chi connectivity index (χ4v) is 3.54. The van der Waals surface area contributed by atoms with Gasteiger partial charge in [-0.25, -0.2) is 0 Å². The molecule has 0 aliphatic heterocycles. The van der Waals surface area contributed by atoms with Crippen molar-refractivity contribution in [2.45, 2.75) is 24.5 Å². The Morgan fingerprint density at radius 3 is 1.92 bits per heavy atom. The van der Waals surface area contributed by atoms with E-state index in [1.165, 1.54) is 8.92 Å². The van der Waals surface area contributed by atoms with Crippen LogP contribution in [0.5, 0.6) is 0 Å². The molecule has 0 aromatic heterocycles. The zero-order valence-electron chi connectivity index (χ0n) is 7.70. The van der Waals surface area contributed by atoms with Crippen LogP contribution in [-0.2, 0) is 0 Å². The molecule has 0 N–H and O–H groups in total. The second-order valence-corrected chi connectivity index (χ2v) is 8.15. The van der Waals surface area contributed by atoms with Crippen LogP contribution in [0.2, 0.25) is 10.6 Å². The van der Waals surface area contributed by atoms with Crippen molar-refractivity contribution in [3.8, 4) is 0 Å². The van der Waals surface area contributed by atoms with E-state index in [4.69, 9.17) is 0 Å². The minimum absolute atomic E-state index is 0.656. The Morgan fingerprint density at radius 2 is 1.50 bits per heavy atom.